The van der Waals surface area contributed by atoms with Gasteiger partial charge in [0.05, 0.1) is 6.10 Å². The highest BCUT2D eigenvalue weighted by Crippen LogP contribution is 2.66. The average Bonchev–Trinajstić information content (AvgIpc) is 2.46. The van der Waals surface area contributed by atoms with Crippen molar-refractivity contribution in [1.29, 1.82) is 0 Å². The van der Waals surface area contributed by atoms with Crippen LogP contribution in [0.1, 0.15) is 65.7 Å². The fraction of sp³-hybridized carbons (Fsp3) is 0.800. The zero-order valence-electron chi connectivity index (χ0n) is 14.1. The zero-order chi connectivity index (χ0) is 15.5. The van der Waals surface area contributed by atoms with Crippen molar-refractivity contribution in [2.45, 2.75) is 71.8 Å². The number of aliphatic hydroxyl groups excluding tert-OH is 1. The van der Waals surface area contributed by atoms with E-state index in [1.807, 2.05) is 0 Å². The fourth-order valence-corrected chi connectivity index (χ4v) is 6.02. The first-order valence-electron chi connectivity index (χ1n) is 8.76. The van der Waals surface area contributed by atoms with Gasteiger partial charge in [-0.25, -0.2) is 0 Å². The normalized spacial score (nSPS) is 53.7. The van der Waals surface area contributed by atoms with Gasteiger partial charge in [0, 0.05) is 0 Å². The lowest BCUT2D eigenvalue weighted by Gasteiger charge is -2.63. The second kappa shape index (κ2) is 4.72. The van der Waals surface area contributed by atoms with E-state index < -0.39 is 0 Å². The Bertz CT molecular complexity index is 466. The third kappa shape index (κ3) is 2.07. The Morgan fingerprint density at radius 2 is 1.81 bits per heavy atom. The second-order valence-corrected chi connectivity index (χ2v) is 8.89. The Morgan fingerprint density at radius 1 is 1.10 bits per heavy atom. The van der Waals surface area contributed by atoms with Crippen molar-refractivity contribution in [1.82, 2.24) is 0 Å². The lowest BCUT2D eigenvalue weighted by molar-refractivity contribution is -0.110. The summed E-state index contributed by atoms with van der Waals surface area (Å²) in [5.74, 6) is 1.52. The first-order chi connectivity index (χ1) is 9.75. The molecule has 0 spiro atoms. The van der Waals surface area contributed by atoms with Crippen LogP contribution in [0.5, 0.6) is 0 Å². The minimum absolute atomic E-state index is 0.158. The topological polar surface area (TPSA) is 20.2 Å². The lowest BCUT2D eigenvalue weighted by Crippen LogP contribution is -2.55. The van der Waals surface area contributed by atoms with E-state index in [0.29, 0.717) is 16.7 Å². The molecule has 0 amide bonds. The molecular weight excluding hydrogens is 256 g/mol. The molecule has 0 saturated heterocycles. The van der Waals surface area contributed by atoms with Crippen molar-refractivity contribution in [3.8, 4) is 0 Å². The van der Waals surface area contributed by atoms with Gasteiger partial charge in [-0.05, 0) is 78.6 Å². The smallest absolute Gasteiger partial charge is 0.0753 e. The van der Waals surface area contributed by atoms with Crippen molar-refractivity contribution in [2.75, 3.05) is 0 Å². The fourth-order valence-electron chi connectivity index (χ4n) is 6.02. The monoisotopic (exact) mass is 288 g/mol. The third-order valence-electron chi connectivity index (χ3n) is 7.81. The molecule has 3 aliphatic rings. The maximum absolute atomic E-state index is 10.3. The van der Waals surface area contributed by atoms with E-state index >= 15 is 0 Å². The average molecular weight is 288 g/mol. The molecule has 0 bridgehead atoms. The molecule has 6 atom stereocenters. The Morgan fingerprint density at radius 3 is 2.48 bits per heavy atom. The van der Waals surface area contributed by atoms with Gasteiger partial charge in [-0.2, -0.15) is 0 Å². The molecule has 0 unspecified atom stereocenters. The molecule has 1 N–H and O–H groups in total. The highest BCUT2D eigenvalue weighted by atomic mass is 16.3. The standard InChI is InChI=1S/C20H32O/c1-6-18(3)11-12-20(5)15(13-18)9-10-19(4)14(2)16(21)7-8-17(19)20/h6,15-17,21H,1-2,7-13H2,3-5H3/t15-,16-,17-,18-,19-,20-/m1/s1. The molecule has 3 aliphatic carbocycles. The molecule has 3 rings (SSSR count). The molecule has 0 aliphatic heterocycles. The molecular formula is C20H32O. The van der Waals surface area contributed by atoms with Crippen LogP contribution in [0.15, 0.2) is 24.8 Å². The van der Waals surface area contributed by atoms with E-state index in [4.69, 9.17) is 0 Å². The van der Waals surface area contributed by atoms with Gasteiger partial charge in [0.15, 0.2) is 0 Å². The SMILES string of the molecule is C=C[C@]1(C)CC[C@]2(C)[C@H](CC[C@]3(C)C(=C)[C@H](O)CC[C@@H]23)C1. The van der Waals surface area contributed by atoms with Gasteiger partial charge in [0.25, 0.3) is 0 Å². The first-order valence-corrected chi connectivity index (χ1v) is 8.76. The van der Waals surface area contributed by atoms with E-state index in [0.717, 1.165) is 17.9 Å². The molecule has 118 valence electrons. The predicted octanol–water partition coefficient (Wildman–Crippen LogP) is 5.11. The zero-order valence-corrected chi connectivity index (χ0v) is 14.1. The number of hydrogen-bond acceptors (Lipinski definition) is 1. The summed E-state index contributed by atoms with van der Waals surface area (Å²) in [6, 6.07) is 0. The number of aliphatic hydroxyl groups is 1. The van der Waals surface area contributed by atoms with Crippen LogP contribution in [0.2, 0.25) is 0 Å². The van der Waals surface area contributed by atoms with Crippen molar-refractivity contribution < 1.29 is 5.11 Å². The van der Waals surface area contributed by atoms with Gasteiger partial charge in [-0.15, -0.1) is 6.58 Å². The lowest BCUT2D eigenvalue weighted by atomic mass is 9.42. The minimum Gasteiger partial charge on any atom is -0.389 e. The van der Waals surface area contributed by atoms with Crippen LogP contribution in [0, 0.1) is 28.1 Å². The summed E-state index contributed by atoms with van der Waals surface area (Å²) in [4.78, 5) is 0. The number of fused-ring (bicyclic) bond motifs is 3. The summed E-state index contributed by atoms with van der Waals surface area (Å²) in [7, 11) is 0. The molecule has 3 saturated carbocycles. The molecule has 3 fully saturated rings. The molecule has 0 aromatic heterocycles. The van der Waals surface area contributed by atoms with Gasteiger partial charge in [-0.3, -0.25) is 0 Å². The van der Waals surface area contributed by atoms with E-state index in [9.17, 15) is 5.11 Å². The molecule has 0 aromatic carbocycles. The minimum atomic E-state index is -0.270. The van der Waals surface area contributed by atoms with Crippen LogP contribution < -0.4 is 0 Å². The first kappa shape index (κ1) is 15.3. The summed E-state index contributed by atoms with van der Waals surface area (Å²) in [5, 5.41) is 10.3. The Balaban J connectivity index is 1.93. The molecule has 1 heteroatoms. The molecule has 0 radical (unpaired) electrons. The molecule has 0 aromatic rings. The van der Waals surface area contributed by atoms with E-state index in [2.05, 4.69) is 40.0 Å². The van der Waals surface area contributed by atoms with Crippen LogP contribution in [0.25, 0.3) is 0 Å². The summed E-state index contributed by atoms with van der Waals surface area (Å²) >= 11 is 0. The summed E-state index contributed by atoms with van der Waals surface area (Å²) in [5.41, 5.74) is 2.04. The van der Waals surface area contributed by atoms with Crippen LogP contribution >= 0.6 is 0 Å². The quantitative estimate of drug-likeness (QED) is 0.665. The van der Waals surface area contributed by atoms with E-state index in [1.54, 1.807) is 0 Å². The van der Waals surface area contributed by atoms with Crippen LogP contribution in [-0.2, 0) is 0 Å². The van der Waals surface area contributed by atoms with Crippen LogP contribution in [-0.4, -0.2) is 11.2 Å². The van der Waals surface area contributed by atoms with Gasteiger partial charge in [-0.1, -0.05) is 33.4 Å². The van der Waals surface area contributed by atoms with Crippen molar-refractivity contribution in [3.63, 3.8) is 0 Å². The highest BCUT2D eigenvalue weighted by Gasteiger charge is 2.58. The Labute approximate surface area is 130 Å². The maximum Gasteiger partial charge on any atom is 0.0753 e. The van der Waals surface area contributed by atoms with Gasteiger partial charge < -0.3 is 5.11 Å². The van der Waals surface area contributed by atoms with Gasteiger partial charge in [0.2, 0.25) is 0 Å². The number of hydrogen-bond donors (Lipinski definition) is 1. The summed E-state index contributed by atoms with van der Waals surface area (Å²) in [6.07, 6.45) is 10.4. The molecule has 21 heavy (non-hydrogen) atoms. The second-order valence-electron chi connectivity index (χ2n) is 8.89. The highest BCUT2D eigenvalue weighted by molar-refractivity contribution is 5.24. The predicted molar refractivity (Wildman–Crippen MR) is 89.0 cm³/mol. The Hall–Kier alpha value is -0.560. The molecule has 1 nitrogen and oxygen atoms in total. The van der Waals surface area contributed by atoms with Crippen molar-refractivity contribution >= 4 is 0 Å². The van der Waals surface area contributed by atoms with Crippen LogP contribution in [0.3, 0.4) is 0 Å². The van der Waals surface area contributed by atoms with Crippen molar-refractivity contribution in [3.05, 3.63) is 24.8 Å². The number of rotatable bonds is 1. The number of allylic oxidation sites excluding steroid dienone is 1. The summed E-state index contributed by atoms with van der Waals surface area (Å²) < 4.78 is 0. The Kier molecular flexibility index (Phi) is 3.44. The van der Waals surface area contributed by atoms with E-state index in [-0.39, 0.29) is 11.5 Å². The van der Waals surface area contributed by atoms with Gasteiger partial charge >= 0.3 is 0 Å². The maximum atomic E-state index is 10.3. The van der Waals surface area contributed by atoms with Crippen LogP contribution in [0.4, 0.5) is 0 Å². The van der Waals surface area contributed by atoms with Crippen molar-refractivity contribution in [2.24, 2.45) is 28.1 Å². The van der Waals surface area contributed by atoms with E-state index in [1.165, 1.54) is 38.5 Å². The van der Waals surface area contributed by atoms with Gasteiger partial charge in [0.1, 0.15) is 0 Å². The third-order valence-corrected chi connectivity index (χ3v) is 7.81. The summed E-state index contributed by atoms with van der Waals surface area (Å²) in [6.45, 7) is 15.7. The largest absolute Gasteiger partial charge is 0.389 e. The molecule has 0 heterocycles.